The normalized spacial score (nSPS) is 10.8. The van der Waals surface area contributed by atoms with Crippen molar-refractivity contribution in [1.82, 2.24) is 9.97 Å². The van der Waals surface area contributed by atoms with Crippen LogP contribution in [-0.2, 0) is 0 Å². The number of aryl methyl sites for hydroxylation is 2. The predicted molar refractivity (Wildman–Crippen MR) is 77.8 cm³/mol. The number of nitrogens with zero attached hydrogens (tertiary/aromatic N) is 1. The standard InChI is InChI=1S/C14H13N3OS/c1-8-7-12(19-9(8)2)13(18)17-14-15-10-5-3-4-6-11(10)16-14/h3-7H,1-2H3,(H2,15,16,17,18). The zero-order chi connectivity index (χ0) is 13.4. The minimum absolute atomic E-state index is 0.125. The second-order valence-corrected chi connectivity index (χ2v) is 5.66. The van der Waals surface area contributed by atoms with Crippen LogP contribution in [0.1, 0.15) is 20.1 Å². The van der Waals surface area contributed by atoms with Gasteiger partial charge in [0.1, 0.15) is 0 Å². The molecule has 96 valence electrons. The molecule has 5 heteroatoms. The van der Waals surface area contributed by atoms with Crippen molar-refractivity contribution >= 4 is 34.2 Å². The number of aromatic nitrogens is 2. The van der Waals surface area contributed by atoms with Crippen molar-refractivity contribution in [2.75, 3.05) is 5.32 Å². The highest BCUT2D eigenvalue weighted by Gasteiger charge is 2.12. The lowest BCUT2D eigenvalue weighted by atomic mass is 10.3. The van der Waals surface area contributed by atoms with E-state index in [9.17, 15) is 4.79 Å². The summed E-state index contributed by atoms with van der Waals surface area (Å²) in [5.74, 6) is 0.357. The second-order valence-electron chi connectivity index (χ2n) is 4.41. The summed E-state index contributed by atoms with van der Waals surface area (Å²) in [5, 5.41) is 2.79. The molecule has 0 aliphatic carbocycles. The van der Waals surface area contributed by atoms with E-state index in [0.717, 1.165) is 21.5 Å². The highest BCUT2D eigenvalue weighted by molar-refractivity contribution is 7.14. The van der Waals surface area contributed by atoms with Gasteiger partial charge in [-0.15, -0.1) is 11.3 Å². The number of rotatable bonds is 2. The molecular weight excluding hydrogens is 258 g/mol. The van der Waals surface area contributed by atoms with E-state index < -0.39 is 0 Å². The van der Waals surface area contributed by atoms with Crippen LogP contribution in [0.4, 0.5) is 5.95 Å². The smallest absolute Gasteiger partial charge is 0.268 e. The number of carbonyl (C=O) groups is 1. The van der Waals surface area contributed by atoms with Crippen molar-refractivity contribution in [2.24, 2.45) is 0 Å². The molecule has 0 aliphatic heterocycles. The summed E-state index contributed by atoms with van der Waals surface area (Å²) in [6.45, 7) is 4.02. The zero-order valence-corrected chi connectivity index (χ0v) is 11.5. The number of carbonyl (C=O) groups excluding carboxylic acids is 1. The summed E-state index contributed by atoms with van der Waals surface area (Å²) >= 11 is 1.49. The lowest BCUT2D eigenvalue weighted by molar-refractivity contribution is 0.103. The van der Waals surface area contributed by atoms with Crippen LogP contribution in [0.2, 0.25) is 0 Å². The van der Waals surface area contributed by atoms with Gasteiger partial charge in [0.15, 0.2) is 0 Å². The van der Waals surface area contributed by atoms with Crippen molar-refractivity contribution in [3.05, 3.63) is 45.6 Å². The average Bonchev–Trinajstić information content (AvgIpc) is 2.93. The lowest BCUT2D eigenvalue weighted by Crippen LogP contribution is -2.11. The molecule has 0 fully saturated rings. The topological polar surface area (TPSA) is 57.8 Å². The van der Waals surface area contributed by atoms with E-state index in [4.69, 9.17) is 0 Å². The average molecular weight is 271 g/mol. The van der Waals surface area contributed by atoms with Gasteiger partial charge in [0, 0.05) is 4.88 Å². The SMILES string of the molecule is Cc1cc(C(=O)Nc2nc3ccccc3[nH]2)sc1C. The van der Waals surface area contributed by atoms with E-state index >= 15 is 0 Å². The Hall–Kier alpha value is -2.14. The molecular formula is C14H13N3OS. The van der Waals surface area contributed by atoms with Crippen molar-refractivity contribution < 1.29 is 4.79 Å². The maximum Gasteiger partial charge on any atom is 0.268 e. The van der Waals surface area contributed by atoms with Gasteiger partial charge in [-0.3, -0.25) is 10.1 Å². The number of hydrogen-bond donors (Lipinski definition) is 2. The Morgan fingerprint density at radius 2 is 2.11 bits per heavy atom. The van der Waals surface area contributed by atoms with E-state index in [1.807, 2.05) is 44.2 Å². The first kappa shape index (κ1) is 11.9. The van der Waals surface area contributed by atoms with E-state index in [0.29, 0.717) is 10.8 Å². The van der Waals surface area contributed by atoms with Gasteiger partial charge >= 0.3 is 0 Å². The van der Waals surface area contributed by atoms with Gasteiger partial charge in [-0.1, -0.05) is 12.1 Å². The van der Waals surface area contributed by atoms with Gasteiger partial charge in [0.25, 0.3) is 5.91 Å². The third kappa shape index (κ3) is 2.24. The maximum atomic E-state index is 12.1. The van der Waals surface area contributed by atoms with Crippen LogP contribution in [0, 0.1) is 13.8 Å². The molecule has 1 aromatic carbocycles. The molecule has 19 heavy (non-hydrogen) atoms. The van der Waals surface area contributed by atoms with Crippen LogP contribution >= 0.6 is 11.3 Å². The molecule has 2 heterocycles. The third-order valence-electron chi connectivity index (χ3n) is 3.01. The summed E-state index contributed by atoms with van der Waals surface area (Å²) < 4.78 is 0. The number of amides is 1. The molecule has 0 aliphatic rings. The summed E-state index contributed by atoms with van der Waals surface area (Å²) in [6, 6.07) is 9.58. The molecule has 3 aromatic rings. The number of thiophene rings is 1. The van der Waals surface area contributed by atoms with Crippen LogP contribution < -0.4 is 5.32 Å². The lowest BCUT2D eigenvalue weighted by Gasteiger charge is -1.97. The Morgan fingerprint density at radius 3 is 2.79 bits per heavy atom. The molecule has 2 aromatic heterocycles. The molecule has 0 bridgehead atoms. The van der Waals surface area contributed by atoms with Crippen LogP contribution in [0.15, 0.2) is 30.3 Å². The van der Waals surface area contributed by atoms with E-state index in [-0.39, 0.29) is 5.91 Å². The summed E-state index contributed by atoms with van der Waals surface area (Å²) in [6.07, 6.45) is 0. The van der Waals surface area contributed by atoms with Gasteiger partial charge < -0.3 is 4.98 Å². The summed E-state index contributed by atoms with van der Waals surface area (Å²) in [5.41, 5.74) is 2.90. The van der Waals surface area contributed by atoms with Crippen molar-refractivity contribution in [2.45, 2.75) is 13.8 Å². The molecule has 0 radical (unpaired) electrons. The maximum absolute atomic E-state index is 12.1. The number of imidazole rings is 1. The molecule has 0 saturated heterocycles. The number of aromatic amines is 1. The first-order valence-corrected chi connectivity index (χ1v) is 6.78. The van der Waals surface area contributed by atoms with E-state index in [2.05, 4.69) is 15.3 Å². The van der Waals surface area contributed by atoms with Gasteiger partial charge in [0.05, 0.1) is 15.9 Å². The van der Waals surface area contributed by atoms with Crippen molar-refractivity contribution in [3.63, 3.8) is 0 Å². The number of anilines is 1. The molecule has 0 unspecified atom stereocenters. The molecule has 0 atom stereocenters. The Morgan fingerprint density at radius 1 is 1.32 bits per heavy atom. The highest BCUT2D eigenvalue weighted by Crippen LogP contribution is 2.21. The Bertz CT molecular complexity index is 704. The van der Waals surface area contributed by atoms with E-state index in [1.54, 1.807) is 0 Å². The first-order chi connectivity index (χ1) is 9.13. The predicted octanol–water partition coefficient (Wildman–Crippen LogP) is 3.49. The molecule has 0 saturated carbocycles. The van der Waals surface area contributed by atoms with Crippen molar-refractivity contribution in [1.29, 1.82) is 0 Å². The summed E-state index contributed by atoms with van der Waals surface area (Å²) in [4.78, 5) is 21.4. The van der Waals surface area contributed by atoms with Gasteiger partial charge in [-0.25, -0.2) is 4.98 Å². The first-order valence-electron chi connectivity index (χ1n) is 5.96. The Balaban J connectivity index is 1.86. The van der Waals surface area contributed by atoms with Crippen LogP contribution in [0.5, 0.6) is 0 Å². The molecule has 2 N–H and O–H groups in total. The molecule has 0 spiro atoms. The highest BCUT2D eigenvalue weighted by atomic mass is 32.1. The number of nitrogens with one attached hydrogen (secondary N) is 2. The third-order valence-corrected chi connectivity index (χ3v) is 4.16. The van der Waals surface area contributed by atoms with E-state index in [1.165, 1.54) is 11.3 Å². The number of benzene rings is 1. The van der Waals surface area contributed by atoms with Gasteiger partial charge in [-0.2, -0.15) is 0 Å². The zero-order valence-electron chi connectivity index (χ0n) is 10.7. The number of hydrogen-bond acceptors (Lipinski definition) is 3. The quantitative estimate of drug-likeness (QED) is 0.749. The van der Waals surface area contributed by atoms with Crippen molar-refractivity contribution in [3.8, 4) is 0 Å². The number of para-hydroxylation sites is 2. The second kappa shape index (κ2) is 4.51. The van der Waals surface area contributed by atoms with Crippen LogP contribution in [-0.4, -0.2) is 15.9 Å². The largest absolute Gasteiger partial charge is 0.324 e. The fourth-order valence-corrected chi connectivity index (χ4v) is 2.80. The Kier molecular flexibility index (Phi) is 2.83. The minimum Gasteiger partial charge on any atom is -0.324 e. The fraction of sp³-hybridized carbons (Fsp3) is 0.143. The van der Waals surface area contributed by atoms with Crippen LogP contribution in [0.3, 0.4) is 0 Å². The monoisotopic (exact) mass is 271 g/mol. The van der Waals surface area contributed by atoms with Crippen LogP contribution in [0.25, 0.3) is 11.0 Å². The molecule has 3 rings (SSSR count). The number of H-pyrrole nitrogens is 1. The number of fused-ring (bicyclic) bond motifs is 1. The molecule has 4 nitrogen and oxygen atoms in total. The van der Waals surface area contributed by atoms with Gasteiger partial charge in [0.2, 0.25) is 5.95 Å². The molecule has 1 amide bonds. The Labute approximate surface area is 114 Å². The summed E-state index contributed by atoms with van der Waals surface area (Å²) in [7, 11) is 0. The minimum atomic E-state index is -0.125. The fourth-order valence-electron chi connectivity index (χ4n) is 1.87. The van der Waals surface area contributed by atoms with Gasteiger partial charge in [-0.05, 0) is 37.6 Å².